The minimum atomic E-state index is 0.195. The lowest BCUT2D eigenvalue weighted by molar-refractivity contribution is 0.0432. The van der Waals surface area contributed by atoms with Crippen molar-refractivity contribution in [3.05, 3.63) is 35.9 Å². The normalized spacial score (nSPS) is 23.7. The van der Waals surface area contributed by atoms with Gasteiger partial charge in [-0.05, 0) is 18.4 Å². The Labute approximate surface area is 126 Å². The van der Waals surface area contributed by atoms with Crippen LogP contribution in [0.1, 0.15) is 30.7 Å². The molecule has 0 aliphatic carbocycles. The van der Waals surface area contributed by atoms with Gasteiger partial charge in [-0.25, -0.2) is 4.79 Å². The smallest absolute Gasteiger partial charge is 0.320 e. The maximum atomic E-state index is 12.7. The molecule has 2 saturated heterocycles. The first kappa shape index (κ1) is 14.4. The average molecular weight is 288 g/mol. The topological polar surface area (TPSA) is 32.8 Å². The molecule has 1 aromatic carbocycles. The molecule has 0 bridgehead atoms. The van der Waals surface area contributed by atoms with Crippen LogP contribution in [-0.4, -0.2) is 55.2 Å². The molecule has 2 fully saturated rings. The molecule has 2 aliphatic heterocycles. The van der Waals surface area contributed by atoms with Crippen molar-refractivity contribution in [1.82, 2.24) is 9.80 Å². The maximum Gasteiger partial charge on any atom is 0.320 e. The van der Waals surface area contributed by atoms with Gasteiger partial charge in [-0.1, -0.05) is 36.8 Å². The van der Waals surface area contributed by atoms with Crippen molar-refractivity contribution in [3.63, 3.8) is 0 Å². The van der Waals surface area contributed by atoms with E-state index in [1.807, 2.05) is 4.90 Å². The Hall–Kier alpha value is -1.55. The maximum absolute atomic E-state index is 12.7. The van der Waals surface area contributed by atoms with E-state index in [0.29, 0.717) is 19.1 Å². The molecule has 21 heavy (non-hydrogen) atoms. The van der Waals surface area contributed by atoms with Gasteiger partial charge in [-0.2, -0.15) is 0 Å². The van der Waals surface area contributed by atoms with Gasteiger partial charge in [0.2, 0.25) is 0 Å². The zero-order valence-electron chi connectivity index (χ0n) is 12.5. The van der Waals surface area contributed by atoms with Crippen LogP contribution in [0.15, 0.2) is 30.3 Å². The summed E-state index contributed by atoms with van der Waals surface area (Å²) in [7, 11) is 0. The molecule has 1 atom stereocenters. The van der Waals surface area contributed by atoms with Crippen LogP contribution in [0.3, 0.4) is 0 Å². The summed E-state index contributed by atoms with van der Waals surface area (Å²) >= 11 is 0. The molecule has 2 heterocycles. The highest BCUT2D eigenvalue weighted by atomic mass is 16.5. The summed E-state index contributed by atoms with van der Waals surface area (Å²) in [5, 5.41) is 0. The van der Waals surface area contributed by atoms with Crippen molar-refractivity contribution in [2.45, 2.75) is 25.2 Å². The Bertz CT molecular complexity index is 457. The van der Waals surface area contributed by atoms with Gasteiger partial charge >= 0.3 is 6.03 Å². The molecule has 1 unspecified atom stereocenters. The number of carbonyl (C=O) groups excluding carboxylic acids is 1. The summed E-state index contributed by atoms with van der Waals surface area (Å²) in [6.07, 6.45) is 3.49. The van der Waals surface area contributed by atoms with E-state index in [1.54, 1.807) is 0 Å². The van der Waals surface area contributed by atoms with Crippen LogP contribution in [0, 0.1) is 0 Å². The molecule has 1 aromatic rings. The van der Waals surface area contributed by atoms with E-state index in [0.717, 1.165) is 32.6 Å². The summed E-state index contributed by atoms with van der Waals surface area (Å²) in [4.78, 5) is 16.7. The first-order valence-electron chi connectivity index (χ1n) is 8.01. The molecular formula is C17H24N2O2. The lowest BCUT2D eigenvalue weighted by Crippen LogP contribution is -2.49. The number of hydrogen-bond acceptors (Lipinski definition) is 2. The van der Waals surface area contributed by atoms with Crippen LogP contribution >= 0.6 is 0 Å². The molecule has 4 heteroatoms. The lowest BCUT2D eigenvalue weighted by atomic mass is 9.94. The fourth-order valence-corrected chi connectivity index (χ4v) is 3.27. The fraction of sp³-hybridized carbons (Fsp3) is 0.588. The molecule has 0 aromatic heterocycles. The molecular weight excluding hydrogens is 264 g/mol. The summed E-state index contributed by atoms with van der Waals surface area (Å²) in [6, 6.07) is 10.8. The Morgan fingerprint density at radius 3 is 2.52 bits per heavy atom. The molecule has 0 radical (unpaired) electrons. The summed E-state index contributed by atoms with van der Waals surface area (Å²) in [5.41, 5.74) is 1.36. The summed E-state index contributed by atoms with van der Waals surface area (Å²) < 4.78 is 5.34. The quantitative estimate of drug-likeness (QED) is 0.796. The third-order valence-corrected chi connectivity index (χ3v) is 4.49. The predicted octanol–water partition coefficient (Wildman–Crippen LogP) is 2.71. The van der Waals surface area contributed by atoms with E-state index < -0.39 is 0 Å². The highest BCUT2D eigenvalue weighted by molar-refractivity contribution is 5.74. The van der Waals surface area contributed by atoms with E-state index in [-0.39, 0.29) is 6.03 Å². The second kappa shape index (κ2) is 6.94. The highest BCUT2D eigenvalue weighted by Gasteiger charge is 2.27. The van der Waals surface area contributed by atoms with E-state index in [9.17, 15) is 4.79 Å². The number of nitrogens with zero attached hydrogens (tertiary/aromatic N) is 2. The minimum absolute atomic E-state index is 0.195. The molecule has 0 spiro atoms. The number of benzene rings is 1. The lowest BCUT2D eigenvalue weighted by Gasteiger charge is -2.33. The van der Waals surface area contributed by atoms with Gasteiger partial charge in [0.1, 0.15) is 0 Å². The molecule has 2 amide bonds. The van der Waals surface area contributed by atoms with Crippen molar-refractivity contribution in [2.24, 2.45) is 0 Å². The van der Waals surface area contributed by atoms with Crippen LogP contribution in [-0.2, 0) is 4.74 Å². The van der Waals surface area contributed by atoms with E-state index in [4.69, 9.17) is 4.74 Å². The number of amides is 2. The molecule has 0 saturated carbocycles. The summed E-state index contributed by atoms with van der Waals surface area (Å²) in [6.45, 7) is 4.53. The fourth-order valence-electron chi connectivity index (χ4n) is 3.27. The van der Waals surface area contributed by atoms with Crippen LogP contribution in [0.5, 0.6) is 0 Å². The van der Waals surface area contributed by atoms with Crippen LogP contribution in [0.2, 0.25) is 0 Å². The van der Waals surface area contributed by atoms with Crippen molar-refractivity contribution < 1.29 is 9.53 Å². The molecule has 2 aliphatic rings. The first-order valence-corrected chi connectivity index (χ1v) is 8.01. The van der Waals surface area contributed by atoms with Gasteiger partial charge in [0, 0.05) is 32.1 Å². The van der Waals surface area contributed by atoms with E-state index in [1.165, 1.54) is 18.4 Å². The molecule has 114 valence electrons. The minimum Gasteiger partial charge on any atom is -0.378 e. The van der Waals surface area contributed by atoms with Crippen molar-refractivity contribution in [1.29, 1.82) is 0 Å². The first-order chi connectivity index (χ1) is 10.3. The second-order valence-corrected chi connectivity index (χ2v) is 5.93. The van der Waals surface area contributed by atoms with Gasteiger partial charge in [-0.15, -0.1) is 0 Å². The van der Waals surface area contributed by atoms with Gasteiger partial charge in [-0.3, -0.25) is 0 Å². The zero-order chi connectivity index (χ0) is 14.5. The van der Waals surface area contributed by atoms with Crippen molar-refractivity contribution >= 4 is 6.03 Å². The Balaban J connectivity index is 1.68. The third-order valence-electron chi connectivity index (χ3n) is 4.49. The molecule has 0 N–H and O–H groups in total. The Morgan fingerprint density at radius 1 is 1.00 bits per heavy atom. The SMILES string of the molecule is O=C(N1CCOCC1)N1CCCCC(c2ccccc2)C1. The third kappa shape index (κ3) is 3.56. The number of ether oxygens (including phenoxy) is 1. The molecule has 3 rings (SSSR count). The van der Waals surface area contributed by atoms with Crippen LogP contribution in [0.4, 0.5) is 4.79 Å². The predicted molar refractivity (Wildman–Crippen MR) is 82.4 cm³/mol. The molecule has 4 nitrogen and oxygen atoms in total. The number of morpholine rings is 1. The van der Waals surface area contributed by atoms with Gasteiger partial charge < -0.3 is 14.5 Å². The monoisotopic (exact) mass is 288 g/mol. The standard InChI is InChI=1S/C17H24N2O2/c20-17(18-10-12-21-13-11-18)19-9-5-4-8-16(14-19)15-6-2-1-3-7-15/h1-3,6-7,16H,4-5,8-14H2. The average Bonchev–Trinajstić information content (AvgIpc) is 2.82. The van der Waals surface area contributed by atoms with Gasteiger partial charge in [0.25, 0.3) is 0 Å². The summed E-state index contributed by atoms with van der Waals surface area (Å²) in [5.74, 6) is 0.471. The second-order valence-electron chi connectivity index (χ2n) is 5.93. The van der Waals surface area contributed by atoms with Crippen LogP contribution < -0.4 is 0 Å². The Kier molecular flexibility index (Phi) is 4.76. The van der Waals surface area contributed by atoms with Crippen LogP contribution in [0.25, 0.3) is 0 Å². The largest absolute Gasteiger partial charge is 0.378 e. The van der Waals surface area contributed by atoms with Crippen molar-refractivity contribution in [3.8, 4) is 0 Å². The number of carbonyl (C=O) groups is 1. The van der Waals surface area contributed by atoms with Gasteiger partial charge in [0.05, 0.1) is 13.2 Å². The number of hydrogen-bond donors (Lipinski definition) is 0. The number of likely N-dealkylation sites (tertiary alicyclic amines) is 1. The van der Waals surface area contributed by atoms with Crippen molar-refractivity contribution in [2.75, 3.05) is 39.4 Å². The number of rotatable bonds is 1. The number of urea groups is 1. The van der Waals surface area contributed by atoms with E-state index in [2.05, 4.69) is 35.2 Å². The zero-order valence-corrected chi connectivity index (χ0v) is 12.5. The van der Waals surface area contributed by atoms with E-state index >= 15 is 0 Å². The highest BCUT2D eigenvalue weighted by Crippen LogP contribution is 2.26. The van der Waals surface area contributed by atoms with Gasteiger partial charge in [0.15, 0.2) is 0 Å². The Morgan fingerprint density at radius 2 is 1.76 bits per heavy atom.